The summed E-state index contributed by atoms with van der Waals surface area (Å²) < 4.78 is 0. The molecule has 0 aromatic heterocycles. The molecule has 0 amide bonds. The first-order valence-electron chi connectivity index (χ1n) is 18.9. The van der Waals surface area contributed by atoms with Crippen LogP contribution in [0, 0.1) is 0 Å². The lowest BCUT2D eigenvalue weighted by molar-refractivity contribution is 1.30. The van der Waals surface area contributed by atoms with Crippen molar-refractivity contribution in [3.8, 4) is 44.5 Å². The Balaban J connectivity index is 1.19. The van der Waals surface area contributed by atoms with Gasteiger partial charge in [-0.3, -0.25) is 0 Å². The van der Waals surface area contributed by atoms with Crippen molar-refractivity contribution in [2.24, 2.45) is 0 Å². The molecule has 0 aliphatic carbocycles. The minimum absolute atomic E-state index is 1.10. The highest BCUT2D eigenvalue weighted by Gasteiger charge is 2.24. The molecule has 55 heavy (non-hydrogen) atoms. The Labute approximate surface area is 322 Å². The van der Waals surface area contributed by atoms with Gasteiger partial charge in [-0.2, -0.15) is 0 Å². The van der Waals surface area contributed by atoms with Gasteiger partial charge in [-0.15, -0.1) is 0 Å². The standard InChI is InChI=1S/C54H37N/c1-3-13-38(14-4-1)41-23-25-42(26-24-41)44-31-35-48(36-32-44)55(47-33-29-43(30-34-47)39-15-5-2-6-16-39)54-52-22-12-10-20-50(52)49-19-9-11-21-51(49)53(54)46-28-27-40-17-7-8-18-45(40)37-46/h1-37H. The molecule has 0 fully saturated rings. The van der Waals surface area contributed by atoms with Crippen molar-refractivity contribution in [1.29, 1.82) is 0 Å². The summed E-state index contributed by atoms with van der Waals surface area (Å²) in [7, 11) is 0. The van der Waals surface area contributed by atoms with Gasteiger partial charge in [-0.1, -0.05) is 194 Å². The van der Waals surface area contributed by atoms with E-state index in [1.807, 2.05) is 0 Å². The number of rotatable bonds is 7. The molecule has 1 heteroatoms. The summed E-state index contributed by atoms with van der Waals surface area (Å²) in [5.41, 5.74) is 13.0. The summed E-state index contributed by atoms with van der Waals surface area (Å²) in [6, 6.07) is 81.5. The van der Waals surface area contributed by atoms with Crippen molar-refractivity contribution in [1.82, 2.24) is 0 Å². The first-order valence-corrected chi connectivity index (χ1v) is 18.9. The van der Waals surface area contributed by atoms with Crippen LogP contribution >= 0.6 is 0 Å². The van der Waals surface area contributed by atoms with E-state index >= 15 is 0 Å². The Morgan fingerprint density at radius 3 is 1.13 bits per heavy atom. The maximum absolute atomic E-state index is 2.47. The van der Waals surface area contributed by atoms with Crippen molar-refractivity contribution in [2.45, 2.75) is 0 Å². The van der Waals surface area contributed by atoms with Gasteiger partial charge in [0.15, 0.2) is 0 Å². The van der Waals surface area contributed by atoms with E-state index in [9.17, 15) is 0 Å². The zero-order valence-electron chi connectivity index (χ0n) is 30.3. The maximum atomic E-state index is 2.47. The molecule has 10 aromatic carbocycles. The highest BCUT2D eigenvalue weighted by Crippen LogP contribution is 2.50. The first kappa shape index (κ1) is 32.4. The van der Waals surface area contributed by atoms with Crippen LogP contribution in [0.3, 0.4) is 0 Å². The van der Waals surface area contributed by atoms with Crippen LogP contribution in [0.4, 0.5) is 17.1 Å². The molecule has 0 heterocycles. The lowest BCUT2D eigenvalue weighted by Crippen LogP contribution is -2.12. The second kappa shape index (κ2) is 14.0. The number of hydrogen-bond acceptors (Lipinski definition) is 1. The Hall–Kier alpha value is -7.22. The molecule has 0 aliphatic heterocycles. The van der Waals surface area contributed by atoms with E-state index in [4.69, 9.17) is 0 Å². The van der Waals surface area contributed by atoms with Gasteiger partial charge in [0.1, 0.15) is 0 Å². The topological polar surface area (TPSA) is 3.24 Å². The van der Waals surface area contributed by atoms with Crippen LogP contribution in [-0.4, -0.2) is 0 Å². The zero-order chi connectivity index (χ0) is 36.6. The van der Waals surface area contributed by atoms with Crippen LogP contribution < -0.4 is 4.90 Å². The molecule has 0 atom stereocenters. The van der Waals surface area contributed by atoms with E-state index in [0.29, 0.717) is 0 Å². The third kappa shape index (κ3) is 6.02. The summed E-state index contributed by atoms with van der Waals surface area (Å²) in [6.07, 6.45) is 0. The first-order chi connectivity index (χ1) is 27.3. The number of nitrogens with zero attached hydrogens (tertiary/aromatic N) is 1. The van der Waals surface area contributed by atoms with Gasteiger partial charge in [0.05, 0.1) is 5.69 Å². The molecule has 1 nitrogen and oxygen atoms in total. The lowest BCUT2D eigenvalue weighted by Gasteiger charge is -2.31. The summed E-state index contributed by atoms with van der Waals surface area (Å²) >= 11 is 0. The molecular weight excluding hydrogens is 663 g/mol. The fourth-order valence-corrected chi connectivity index (χ4v) is 8.12. The van der Waals surface area contributed by atoms with Gasteiger partial charge >= 0.3 is 0 Å². The Morgan fingerprint density at radius 2 is 0.600 bits per heavy atom. The molecule has 0 aliphatic rings. The summed E-state index contributed by atoms with van der Waals surface area (Å²) in [6.45, 7) is 0. The van der Waals surface area contributed by atoms with Crippen LogP contribution in [0.25, 0.3) is 76.8 Å². The minimum atomic E-state index is 1.10. The van der Waals surface area contributed by atoms with Gasteiger partial charge in [0.25, 0.3) is 0 Å². The third-order valence-electron chi connectivity index (χ3n) is 10.9. The fourth-order valence-electron chi connectivity index (χ4n) is 8.12. The lowest BCUT2D eigenvalue weighted by atomic mass is 9.89. The van der Waals surface area contributed by atoms with Crippen molar-refractivity contribution in [3.05, 3.63) is 224 Å². The van der Waals surface area contributed by atoms with Crippen molar-refractivity contribution < 1.29 is 0 Å². The maximum Gasteiger partial charge on any atom is 0.0624 e. The second-order valence-electron chi connectivity index (χ2n) is 14.1. The van der Waals surface area contributed by atoms with E-state index in [-0.39, 0.29) is 0 Å². The minimum Gasteiger partial charge on any atom is -0.309 e. The van der Waals surface area contributed by atoms with Gasteiger partial charge in [-0.25, -0.2) is 0 Å². The smallest absolute Gasteiger partial charge is 0.0624 e. The Kier molecular flexibility index (Phi) is 8.24. The van der Waals surface area contributed by atoms with E-state index in [0.717, 1.165) is 17.1 Å². The number of hydrogen-bond donors (Lipinski definition) is 0. The van der Waals surface area contributed by atoms with Crippen LogP contribution in [0.2, 0.25) is 0 Å². The molecule has 0 saturated heterocycles. The van der Waals surface area contributed by atoms with Gasteiger partial charge < -0.3 is 4.90 Å². The second-order valence-corrected chi connectivity index (χ2v) is 14.1. The predicted octanol–water partition coefficient (Wildman–Crippen LogP) is 15.3. The number of fused-ring (bicyclic) bond motifs is 4. The molecule has 0 unspecified atom stereocenters. The highest BCUT2D eigenvalue weighted by molar-refractivity contribution is 6.22. The number of benzene rings is 10. The van der Waals surface area contributed by atoms with E-state index in [2.05, 4.69) is 229 Å². The Bertz CT molecular complexity index is 2930. The van der Waals surface area contributed by atoms with Crippen molar-refractivity contribution in [3.63, 3.8) is 0 Å². The molecule has 0 bridgehead atoms. The molecule has 0 radical (unpaired) electrons. The third-order valence-corrected chi connectivity index (χ3v) is 10.9. The zero-order valence-corrected chi connectivity index (χ0v) is 30.3. The normalized spacial score (nSPS) is 11.3. The quantitative estimate of drug-likeness (QED) is 0.150. The number of anilines is 3. The van der Waals surface area contributed by atoms with E-state index in [1.165, 1.54) is 76.8 Å². The monoisotopic (exact) mass is 699 g/mol. The van der Waals surface area contributed by atoms with Gasteiger partial charge in [0.2, 0.25) is 0 Å². The summed E-state index contributed by atoms with van der Waals surface area (Å²) in [5, 5.41) is 7.38. The molecule has 10 rings (SSSR count). The fraction of sp³-hybridized carbons (Fsp3) is 0. The van der Waals surface area contributed by atoms with Crippen LogP contribution in [0.15, 0.2) is 224 Å². The Morgan fingerprint density at radius 1 is 0.236 bits per heavy atom. The van der Waals surface area contributed by atoms with Gasteiger partial charge in [-0.05, 0) is 96.2 Å². The molecule has 258 valence electrons. The average Bonchev–Trinajstić information content (AvgIpc) is 3.27. The van der Waals surface area contributed by atoms with Crippen LogP contribution in [-0.2, 0) is 0 Å². The molecule has 10 aromatic rings. The van der Waals surface area contributed by atoms with E-state index in [1.54, 1.807) is 0 Å². The summed E-state index contributed by atoms with van der Waals surface area (Å²) in [5.74, 6) is 0. The van der Waals surface area contributed by atoms with Crippen molar-refractivity contribution in [2.75, 3.05) is 4.90 Å². The van der Waals surface area contributed by atoms with E-state index < -0.39 is 0 Å². The predicted molar refractivity (Wildman–Crippen MR) is 235 cm³/mol. The van der Waals surface area contributed by atoms with Crippen LogP contribution in [0.5, 0.6) is 0 Å². The molecule has 0 N–H and O–H groups in total. The molecular formula is C54H37N. The molecule has 0 saturated carbocycles. The van der Waals surface area contributed by atoms with Gasteiger partial charge in [0, 0.05) is 22.3 Å². The average molecular weight is 700 g/mol. The SMILES string of the molecule is c1ccc(-c2ccc(-c3ccc(N(c4ccc(-c5ccccc5)cc4)c4c(-c5ccc6ccccc6c5)c5ccccc5c5ccccc45)cc3)cc2)cc1. The largest absolute Gasteiger partial charge is 0.309 e. The summed E-state index contributed by atoms with van der Waals surface area (Å²) in [4.78, 5) is 2.47. The van der Waals surface area contributed by atoms with Crippen LogP contribution in [0.1, 0.15) is 0 Å². The molecule has 0 spiro atoms. The van der Waals surface area contributed by atoms with Crippen molar-refractivity contribution >= 4 is 49.4 Å². The highest BCUT2D eigenvalue weighted by atomic mass is 15.1.